The average molecular weight is 371 g/mol. The van der Waals surface area contributed by atoms with Crippen LogP contribution in [0.4, 0.5) is 6.01 Å². The Morgan fingerprint density at radius 2 is 1.81 bits per heavy atom. The van der Waals surface area contributed by atoms with Gasteiger partial charge >= 0.3 is 6.01 Å². The lowest BCUT2D eigenvalue weighted by Gasteiger charge is -2.04. The second-order valence-corrected chi connectivity index (χ2v) is 7.98. The maximum atomic E-state index is 12.3. The summed E-state index contributed by atoms with van der Waals surface area (Å²) in [4.78, 5) is 12.4. The second kappa shape index (κ2) is 6.72. The zero-order valence-corrected chi connectivity index (χ0v) is 15.3. The van der Waals surface area contributed by atoms with E-state index in [-0.39, 0.29) is 22.7 Å². The van der Waals surface area contributed by atoms with Crippen LogP contribution in [0, 0.1) is 13.8 Å². The molecule has 0 saturated heterocycles. The van der Waals surface area contributed by atoms with Crippen LogP contribution in [0.3, 0.4) is 0 Å². The first-order valence-corrected chi connectivity index (χ1v) is 9.66. The van der Waals surface area contributed by atoms with Gasteiger partial charge in [0.15, 0.2) is 9.84 Å². The molecule has 8 heteroatoms. The van der Waals surface area contributed by atoms with Crippen LogP contribution in [0.2, 0.25) is 0 Å². The molecule has 0 bridgehead atoms. The molecule has 1 aromatic heterocycles. The molecule has 7 nitrogen and oxygen atoms in total. The van der Waals surface area contributed by atoms with Crippen molar-refractivity contribution in [3.05, 3.63) is 59.2 Å². The minimum atomic E-state index is -3.35. The summed E-state index contributed by atoms with van der Waals surface area (Å²) in [6.07, 6.45) is 1.12. The number of rotatable bonds is 4. The van der Waals surface area contributed by atoms with Gasteiger partial charge in [-0.05, 0) is 55.3 Å². The molecule has 0 spiro atoms. The van der Waals surface area contributed by atoms with Crippen molar-refractivity contribution < 1.29 is 17.6 Å². The molecule has 0 unspecified atom stereocenters. The lowest BCUT2D eigenvalue weighted by Crippen LogP contribution is -2.12. The van der Waals surface area contributed by atoms with Crippen molar-refractivity contribution in [2.75, 3.05) is 11.6 Å². The van der Waals surface area contributed by atoms with E-state index in [9.17, 15) is 13.2 Å². The molecule has 2 aromatic carbocycles. The Hall–Kier alpha value is -3.00. The molecule has 3 rings (SSSR count). The molecular formula is C18H17N3O4S. The third-order valence-electron chi connectivity index (χ3n) is 3.92. The lowest BCUT2D eigenvalue weighted by atomic mass is 10.1. The molecule has 1 N–H and O–H groups in total. The first kappa shape index (κ1) is 17.8. The number of hydrogen-bond donors (Lipinski definition) is 1. The van der Waals surface area contributed by atoms with Crippen molar-refractivity contribution in [3.8, 4) is 11.5 Å². The van der Waals surface area contributed by atoms with Crippen LogP contribution in [0.25, 0.3) is 11.5 Å². The Morgan fingerprint density at radius 3 is 2.50 bits per heavy atom. The summed E-state index contributed by atoms with van der Waals surface area (Å²) in [5.74, 6) is -0.251. The van der Waals surface area contributed by atoms with Gasteiger partial charge in [0, 0.05) is 17.4 Å². The summed E-state index contributed by atoms with van der Waals surface area (Å²) < 4.78 is 28.7. The average Bonchev–Trinajstić information content (AvgIpc) is 3.05. The van der Waals surface area contributed by atoms with Gasteiger partial charge < -0.3 is 4.42 Å². The highest BCUT2D eigenvalue weighted by Crippen LogP contribution is 2.23. The minimum absolute atomic E-state index is 0.0620. The van der Waals surface area contributed by atoms with Gasteiger partial charge in [-0.3, -0.25) is 10.1 Å². The highest BCUT2D eigenvalue weighted by atomic mass is 32.2. The Labute approximate surface area is 151 Å². The molecule has 1 heterocycles. The van der Waals surface area contributed by atoms with E-state index in [1.165, 1.54) is 12.1 Å². The number of nitrogens with one attached hydrogen (secondary N) is 1. The van der Waals surface area contributed by atoms with Gasteiger partial charge in [0.25, 0.3) is 5.91 Å². The first-order chi connectivity index (χ1) is 12.2. The number of hydrogen-bond acceptors (Lipinski definition) is 6. The molecule has 26 heavy (non-hydrogen) atoms. The van der Waals surface area contributed by atoms with Crippen molar-refractivity contribution in [1.29, 1.82) is 0 Å². The number of aromatic nitrogens is 2. The highest BCUT2D eigenvalue weighted by Gasteiger charge is 2.15. The predicted octanol–water partition coefficient (Wildman–Crippen LogP) is 3.01. The van der Waals surface area contributed by atoms with Crippen LogP contribution in [0.15, 0.2) is 51.8 Å². The van der Waals surface area contributed by atoms with E-state index in [0.717, 1.165) is 17.4 Å². The third-order valence-corrected chi connectivity index (χ3v) is 5.03. The van der Waals surface area contributed by atoms with Gasteiger partial charge in [0.05, 0.1) is 4.90 Å². The van der Waals surface area contributed by atoms with Crippen LogP contribution >= 0.6 is 0 Å². The Balaban J connectivity index is 1.82. The fourth-order valence-electron chi connectivity index (χ4n) is 2.30. The van der Waals surface area contributed by atoms with Gasteiger partial charge in [0.2, 0.25) is 5.89 Å². The summed E-state index contributed by atoms with van der Waals surface area (Å²) in [6, 6.07) is 11.4. The second-order valence-electron chi connectivity index (χ2n) is 5.97. The molecule has 1 amide bonds. The van der Waals surface area contributed by atoms with Crippen LogP contribution in [0.1, 0.15) is 21.5 Å². The Kier molecular flexibility index (Phi) is 4.60. The molecule has 0 atom stereocenters. The van der Waals surface area contributed by atoms with E-state index < -0.39 is 9.84 Å². The van der Waals surface area contributed by atoms with Crippen molar-refractivity contribution in [1.82, 2.24) is 10.2 Å². The van der Waals surface area contributed by atoms with Crippen molar-refractivity contribution in [2.24, 2.45) is 0 Å². The molecular weight excluding hydrogens is 354 g/mol. The number of sulfone groups is 1. The number of anilines is 1. The predicted molar refractivity (Wildman–Crippen MR) is 96.7 cm³/mol. The topological polar surface area (TPSA) is 102 Å². The van der Waals surface area contributed by atoms with Crippen LogP contribution in [0.5, 0.6) is 0 Å². The number of carbonyl (C=O) groups excluding carboxylic acids is 1. The summed E-state index contributed by atoms with van der Waals surface area (Å²) in [5, 5.41) is 10.2. The van der Waals surface area contributed by atoms with Crippen LogP contribution < -0.4 is 5.32 Å². The van der Waals surface area contributed by atoms with E-state index in [0.29, 0.717) is 11.1 Å². The largest absolute Gasteiger partial charge is 0.403 e. The number of nitrogens with zero attached hydrogens (tertiary/aromatic N) is 2. The van der Waals surface area contributed by atoms with E-state index in [1.807, 2.05) is 19.9 Å². The quantitative estimate of drug-likeness (QED) is 0.756. The maximum absolute atomic E-state index is 12.3. The van der Waals surface area contributed by atoms with Gasteiger partial charge in [-0.2, -0.15) is 0 Å². The zero-order valence-electron chi connectivity index (χ0n) is 14.5. The maximum Gasteiger partial charge on any atom is 0.322 e. The smallest absolute Gasteiger partial charge is 0.322 e. The van der Waals surface area contributed by atoms with E-state index in [2.05, 4.69) is 15.5 Å². The summed E-state index contributed by atoms with van der Waals surface area (Å²) >= 11 is 0. The Morgan fingerprint density at radius 1 is 1.04 bits per heavy atom. The molecule has 0 aliphatic carbocycles. The summed E-state index contributed by atoms with van der Waals surface area (Å²) in [5.41, 5.74) is 3.02. The van der Waals surface area contributed by atoms with E-state index in [1.54, 1.807) is 24.3 Å². The van der Waals surface area contributed by atoms with Crippen molar-refractivity contribution in [3.63, 3.8) is 0 Å². The third kappa shape index (κ3) is 3.80. The van der Waals surface area contributed by atoms with E-state index >= 15 is 0 Å². The highest BCUT2D eigenvalue weighted by molar-refractivity contribution is 7.90. The monoisotopic (exact) mass is 371 g/mol. The molecule has 0 fully saturated rings. The SMILES string of the molecule is Cc1ccc(C(=O)Nc2nnc(-c3cccc(S(C)(=O)=O)c3)o2)cc1C. The van der Waals surface area contributed by atoms with Gasteiger partial charge in [-0.25, -0.2) is 8.42 Å². The molecule has 0 aliphatic rings. The fourth-order valence-corrected chi connectivity index (χ4v) is 2.97. The lowest BCUT2D eigenvalue weighted by molar-refractivity contribution is 0.102. The van der Waals surface area contributed by atoms with Crippen molar-refractivity contribution >= 4 is 21.8 Å². The first-order valence-electron chi connectivity index (χ1n) is 7.76. The number of carbonyl (C=O) groups is 1. The Bertz CT molecular complexity index is 1090. The van der Waals surface area contributed by atoms with Crippen LogP contribution in [-0.4, -0.2) is 30.8 Å². The number of amides is 1. The molecule has 0 saturated carbocycles. The summed E-state index contributed by atoms with van der Waals surface area (Å²) in [6.45, 7) is 3.89. The fraction of sp³-hybridized carbons (Fsp3) is 0.167. The van der Waals surface area contributed by atoms with Crippen LogP contribution in [-0.2, 0) is 9.84 Å². The standard InChI is InChI=1S/C18H17N3O4S/c1-11-7-8-13(9-12(11)2)16(22)19-18-21-20-17(25-18)14-5-4-6-15(10-14)26(3,23)24/h4-10H,1-3H3,(H,19,21,22). The molecule has 0 radical (unpaired) electrons. The molecule has 134 valence electrons. The van der Waals surface area contributed by atoms with Gasteiger partial charge in [-0.1, -0.05) is 17.2 Å². The number of aryl methyl sites for hydroxylation is 2. The molecule has 3 aromatic rings. The zero-order chi connectivity index (χ0) is 18.9. The van der Waals surface area contributed by atoms with Gasteiger partial charge in [0.1, 0.15) is 0 Å². The summed E-state index contributed by atoms with van der Waals surface area (Å²) in [7, 11) is -3.35. The normalized spacial score (nSPS) is 11.3. The number of benzene rings is 2. The van der Waals surface area contributed by atoms with E-state index in [4.69, 9.17) is 4.42 Å². The molecule has 0 aliphatic heterocycles. The minimum Gasteiger partial charge on any atom is -0.403 e. The van der Waals surface area contributed by atoms with Gasteiger partial charge in [-0.15, -0.1) is 5.10 Å². The van der Waals surface area contributed by atoms with Crippen molar-refractivity contribution in [2.45, 2.75) is 18.7 Å².